The van der Waals surface area contributed by atoms with E-state index in [2.05, 4.69) is 5.32 Å². The topological polar surface area (TPSA) is 95.9 Å². The van der Waals surface area contributed by atoms with Crippen LogP contribution in [0.25, 0.3) is 0 Å². The number of hydrogen-bond acceptors (Lipinski definition) is 4. The maximum atomic E-state index is 13.2. The first-order valence-electron chi connectivity index (χ1n) is 8.62. The first-order valence-corrected chi connectivity index (χ1v) is 8.62. The second-order valence-corrected chi connectivity index (χ2v) is 6.51. The summed E-state index contributed by atoms with van der Waals surface area (Å²) in [4.78, 5) is 37.1. The van der Waals surface area contributed by atoms with Gasteiger partial charge in [0, 0.05) is 25.2 Å². The molecule has 0 saturated carbocycles. The molecule has 2 unspecified atom stereocenters. The number of nitrogens with one attached hydrogen (secondary N) is 1. The van der Waals surface area contributed by atoms with Crippen LogP contribution in [-0.4, -0.2) is 41.4 Å². The maximum absolute atomic E-state index is 13.2. The summed E-state index contributed by atoms with van der Waals surface area (Å²) in [6.45, 7) is -0.494. The summed E-state index contributed by atoms with van der Waals surface area (Å²) >= 11 is 0. The first kappa shape index (κ1) is 19.3. The average molecular weight is 386 g/mol. The quantitative estimate of drug-likeness (QED) is 0.795. The van der Waals surface area contributed by atoms with Crippen LogP contribution in [0.2, 0.25) is 0 Å². The van der Waals surface area contributed by atoms with Crippen molar-refractivity contribution < 1.29 is 28.6 Å². The number of amides is 2. The van der Waals surface area contributed by atoms with Crippen molar-refractivity contribution >= 4 is 23.5 Å². The van der Waals surface area contributed by atoms with Crippen LogP contribution in [-0.2, 0) is 14.4 Å². The van der Waals surface area contributed by atoms with E-state index in [4.69, 9.17) is 9.84 Å². The Hall–Kier alpha value is -3.42. The molecule has 3 rings (SSSR count). The van der Waals surface area contributed by atoms with E-state index in [1.807, 2.05) is 0 Å². The minimum Gasteiger partial charge on any atom is -0.482 e. The lowest BCUT2D eigenvalue weighted by Crippen LogP contribution is -2.30. The molecule has 1 aliphatic heterocycles. The number of ether oxygens (including phenoxy) is 1. The molecule has 1 saturated heterocycles. The molecular formula is C20H19FN2O5. The highest BCUT2D eigenvalue weighted by atomic mass is 19.1. The molecule has 0 aromatic heterocycles. The third-order valence-electron chi connectivity index (χ3n) is 4.60. The number of aliphatic carboxylic acids is 1. The number of anilines is 1. The lowest BCUT2D eigenvalue weighted by Gasteiger charge is -2.25. The fraction of sp³-hybridized carbons (Fsp3) is 0.250. The van der Waals surface area contributed by atoms with E-state index in [1.54, 1.807) is 37.4 Å². The molecule has 7 nitrogen and oxygen atoms in total. The molecule has 0 aliphatic carbocycles. The van der Waals surface area contributed by atoms with E-state index >= 15 is 0 Å². The summed E-state index contributed by atoms with van der Waals surface area (Å²) in [6, 6.07) is 11.6. The smallest absolute Gasteiger partial charge is 0.341 e. The summed E-state index contributed by atoms with van der Waals surface area (Å²) in [5.41, 5.74) is 1.10. The second-order valence-electron chi connectivity index (χ2n) is 6.51. The van der Waals surface area contributed by atoms with Gasteiger partial charge < -0.3 is 20.1 Å². The van der Waals surface area contributed by atoms with Crippen LogP contribution in [0.15, 0.2) is 48.5 Å². The molecule has 0 bridgehead atoms. The van der Waals surface area contributed by atoms with E-state index < -0.39 is 30.4 Å². The molecule has 1 fully saturated rings. The zero-order valence-electron chi connectivity index (χ0n) is 15.1. The van der Waals surface area contributed by atoms with Gasteiger partial charge in [-0.05, 0) is 29.8 Å². The van der Waals surface area contributed by atoms with Gasteiger partial charge in [-0.25, -0.2) is 9.18 Å². The van der Waals surface area contributed by atoms with Crippen molar-refractivity contribution in [1.82, 2.24) is 4.90 Å². The van der Waals surface area contributed by atoms with Crippen LogP contribution < -0.4 is 10.1 Å². The number of halogens is 1. The summed E-state index contributed by atoms with van der Waals surface area (Å²) < 4.78 is 18.3. The number of carboxylic acid groups (broad SMARTS) is 1. The van der Waals surface area contributed by atoms with Gasteiger partial charge in [0.1, 0.15) is 11.6 Å². The molecule has 1 aliphatic rings. The highest BCUT2D eigenvalue weighted by Crippen LogP contribution is 2.37. The van der Waals surface area contributed by atoms with Gasteiger partial charge in [0.05, 0.1) is 12.0 Å². The Bertz CT molecular complexity index is 900. The molecule has 2 aromatic carbocycles. The molecule has 28 heavy (non-hydrogen) atoms. The minimum absolute atomic E-state index is 0.0413. The van der Waals surface area contributed by atoms with Crippen LogP contribution >= 0.6 is 0 Å². The predicted molar refractivity (Wildman–Crippen MR) is 98.2 cm³/mol. The summed E-state index contributed by atoms with van der Waals surface area (Å²) in [5, 5.41) is 11.4. The number of hydrogen-bond donors (Lipinski definition) is 2. The zero-order chi connectivity index (χ0) is 20.3. The molecule has 1 heterocycles. The largest absolute Gasteiger partial charge is 0.482 e. The van der Waals surface area contributed by atoms with Crippen LogP contribution in [0.3, 0.4) is 0 Å². The van der Waals surface area contributed by atoms with Crippen molar-refractivity contribution in [1.29, 1.82) is 0 Å². The lowest BCUT2D eigenvalue weighted by atomic mass is 9.93. The summed E-state index contributed by atoms with van der Waals surface area (Å²) in [5.74, 6) is -2.38. The molecule has 0 radical (unpaired) electrons. The van der Waals surface area contributed by atoms with Crippen molar-refractivity contribution in [3.63, 3.8) is 0 Å². The number of nitrogens with zero attached hydrogens (tertiary/aromatic N) is 1. The molecule has 0 spiro atoms. The Labute approximate surface area is 160 Å². The maximum Gasteiger partial charge on any atom is 0.341 e. The van der Waals surface area contributed by atoms with Gasteiger partial charge in [0.2, 0.25) is 11.8 Å². The third-order valence-corrected chi connectivity index (χ3v) is 4.60. The van der Waals surface area contributed by atoms with Gasteiger partial charge in [-0.1, -0.05) is 18.2 Å². The number of carbonyl (C=O) groups is 3. The fourth-order valence-corrected chi connectivity index (χ4v) is 3.26. The number of benzene rings is 2. The van der Waals surface area contributed by atoms with Crippen LogP contribution in [0.1, 0.15) is 18.0 Å². The molecule has 2 amide bonds. The Morgan fingerprint density at radius 1 is 1.25 bits per heavy atom. The standard InChI is InChI=1S/C20H19FN2O5/c1-23-17(24)10-16(19(23)12-5-7-13(21)8-6-12)20(27)22-14-3-2-4-15(9-14)28-11-18(25)26/h2-9,16,19H,10-11H2,1H3,(H,22,27)(H,25,26). The molecule has 2 atom stereocenters. The van der Waals surface area contributed by atoms with E-state index in [-0.39, 0.29) is 18.2 Å². The highest BCUT2D eigenvalue weighted by molar-refractivity contribution is 5.98. The Morgan fingerprint density at radius 2 is 1.96 bits per heavy atom. The number of carbonyl (C=O) groups excluding carboxylic acids is 2. The lowest BCUT2D eigenvalue weighted by molar-refractivity contribution is -0.139. The summed E-state index contributed by atoms with van der Waals surface area (Å²) in [6.07, 6.45) is 0.0413. The molecule has 8 heteroatoms. The van der Waals surface area contributed by atoms with Crippen molar-refractivity contribution in [2.75, 3.05) is 19.0 Å². The third kappa shape index (κ3) is 4.28. The molecule has 146 valence electrons. The predicted octanol–water partition coefficient (Wildman–Crippen LogP) is 2.45. The number of carboxylic acids is 1. The van der Waals surface area contributed by atoms with Crippen LogP contribution in [0.5, 0.6) is 5.75 Å². The van der Waals surface area contributed by atoms with Crippen molar-refractivity contribution in [2.45, 2.75) is 12.5 Å². The van der Waals surface area contributed by atoms with Gasteiger partial charge in [0.15, 0.2) is 6.61 Å². The van der Waals surface area contributed by atoms with Gasteiger partial charge in [0.25, 0.3) is 0 Å². The Balaban J connectivity index is 1.77. The van der Waals surface area contributed by atoms with Gasteiger partial charge in [-0.2, -0.15) is 0 Å². The van der Waals surface area contributed by atoms with Crippen molar-refractivity contribution in [3.8, 4) is 5.75 Å². The van der Waals surface area contributed by atoms with Gasteiger partial charge >= 0.3 is 5.97 Å². The van der Waals surface area contributed by atoms with Crippen molar-refractivity contribution in [2.24, 2.45) is 5.92 Å². The minimum atomic E-state index is -1.11. The molecule has 2 aromatic rings. The summed E-state index contributed by atoms with van der Waals surface area (Å²) in [7, 11) is 1.62. The Morgan fingerprint density at radius 3 is 2.64 bits per heavy atom. The number of rotatable bonds is 6. The first-order chi connectivity index (χ1) is 13.3. The number of likely N-dealkylation sites (tertiary alicyclic amines) is 1. The fourth-order valence-electron chi connectivity index (χ4n) is 3.26. The SMILES string of the molecule is CN1C(=O)CC(C(=O)Nc2cccc(OCC(=O)O)c2)C1c1ccc(F)cc1. The highest BCUT2D eigenvalue weighted by Gasteiger charge is 2.42. The normalized spacial score (nSPS) is 18.8. The average Bonchev–Trinajstić information content (AvgIpc) is 2.96. The van der Waals surface area contributed by atoms with E-state index in [0.717, 1.165) is 0 Å². The van der Waals surface area contributed by atoms with Gasteiger partial charge in [-0.3, -0.25) is 9.59 Å². The monoisotopic (exact) mass is 386 g/mol. The second kappa shape index (κ2) is 8.08. The molecule has 2 N–H and O–H groups in total. The van der Waals surface area contributed by atoms with E-state index in [1.165, 1.54) is 23.1 Å². The van der Waals surface area contributed by atoms with Gasteiger partial charge in [-0.15, -0.1) is 0 Å². The van der Waals surface area contributed by atoms with E-state index in [9.17, 15) is 18.8 Å². The Kier molecular flexibility index (Phi) is 5.58. The van der Waals surface area contributed by atoms with E-state index in [0.29, 0.717) is 17.0 Å². The van der Waals surface area contributed by atoms with Crippen LogP contribution in [0, 0.1) is 11.7 Å². The zero-order valence-corrected chi connectivity index (χ0v) is 15.1. The van der Waals surface area contributed by atoms with Crippen molar-refractivity contribution in [3.05, 3.63) is 59.9 Å². The molecular weight excluding hydrogens is 367 g/mol. The van der Waals surface area contributed by atoms with Crippen LogP contribution in [0.4, 0.5) is 10.1 Å².